The molecular weight excluding hydrogens is 291 g/mol. The van der Waals surface area contributed by atoms with E-state index >= 15 is 0 Å². The van der Waals surface area contributed by atoms with E-state index in [1.54, 1.807) is 24.3 Å². The summed E-state index contributed by atoms with van der Waals surface area (Å²) in [4.78, 5) is 3.36. The third-order valence-corrected chi connectivity index (χ3v) is 3.52. The average Bonchev–Trinajstić information content (AvgIpc) is 2.93. The Bertz CT molecular complexity index is 900. The van der Waals surface area contributed by atoms with E-state index in [0.717, 1.165) is 6.07 Å². The van der Waals surface area contributed by atoms with Gasteiger partial charge in [-0.3, -0.25) is 0 Å². The minimum absolute atomic E-state index is 0.160. The Morgan fingerprint density at radius 1 is 1.09 bits per heavy atom. The summed E-state index contributed by atoms with van der Waals surface area (Å²) in [5.41, 5.74) is 1.18. The highest BCUT2D eigenvalue weighted by atomic mass is 19.4. The van der Waals surface area contributed by atoms with Crippen molar-refractivity contribution in [2.45, 2.75) is 13.1 Å². The number of aryl methyl sites for hydroxylation is 1. The molecule has 0 radical (unpaired) electrons. The first-order valence-electron chi connectivity index (χ1n) is 6.47. The molecule has 1 aromatic heterocycles. The van der Waals surface area contributed by atoms with E-state index < -0.39 is 11.7 Å². The molecule has 0 fully saturated rings. The Kier molecular flexibility index (Phi) is 3.18. The van der Waals surface area contributed by atoms with Crippen LogP contribution in [-0.4, -0.2) is 0 Å². The van der Waals surface area contributed by atoms with E-state index in [1.165, 1.54) is 19.3 Å². The lowest BCUT2D eigenvalue weighted by Crippen LogP contribution is -2.07. The van der Waals surface area contributed by atoms with Crippen LogP contribution in [0.2, 0.25) is 0 Å². The fourth-order valence-electron chi connectivity index (χ4n) is 2.44. The molecule has 110 valence electrons. The van der Waals surface area contributed by atoms with E-state index in [-0.39, 0.29) is 5.56 Å². The number of hydrogen-bond acceptors (Lipinski definition) is 1. The molecular formula is C17H10F3NO. The molecule has 0 unspecified atom stereocenters. The lowest BCUT2D eigenvalue weighted by Gasteiger charge is -2.12. The van der Waals surface area contributed by atoms with Crippen LogP contribution >= 0.6 is 0 Å². The Balaban J connectivity index is 2.28. The second-order valence-electron chi connectivity index (χ2n) is 4.97. The van der Waals surface area contributed by atoms with E-state index in [2.05, 4.69) is 4.85 Å². The molecule has 0 aliphatic carbocycles. The molecule has 5 heteroatoms. The number of alkyl halides is 3. The molecule has 0 saturated heterocycles. The van der Waals surface area contributed by atoms with Gasteiger partial charge in [0.1, 0.15) is 5.58 Å². The Morgan fingerprint density at radius 2 is 1.86 bits per heavy atom. The predicted molar refractivity (Wildman–Crippen MR) is 77.7 cm³/mol. The number of rotatable bonds is 1. The van der Waals surface area contributed by atoms with Gasteiger partial charge < -0.3 is 4.42 Å². The summed E-state index contributed by atoms with van der Waals surface area (Å²) in [6.07, 6.45) is -2.96. The maximum Gasteiger partial charge on any atom is 0.416 e. The molecule has 0 atom stereocenters. The van der Waals surface area contributed by atoms with Crippen LogP contribution in [0, 0.1) is 13.5 Å². The van der Waals surface area contributed by atoms with Crippen LogP contribution in [0.4, 0.5) is 18.9 Å². The van der Waals surface area contributed by atoms with Crippen molar-refractivity contribution in [3.63, 3.8) is 0 Å². The molecule has 0 N–H and O–H groups in total. The van der Waals surface area contributed by atoms with Crippen molar-refractivity contribution in [2.24, 2.45) is 0 Å². The zero-order valence-electron chi connectivity index (χ0n) is 11.5. The summed E-state index contributed by atoms with van der Waals surface area (Å²) >= 11 is 0. The van der Waals surface area contributed by atoms with Gasteiger partial charge in [0.2, 0.25) is 0 Å². The smallest absolute Gasteiger partial charge is 0.416 e. The van der Waals surface area contributed by atoms with Crippen LogP contribution in [-0.2, 0) is 6.18 Å². The Morgan fingerprint density at radius 3 is 2.55 bits per heavy atom. The van der Waals surface area contributed by atoms with Gasteiger partial charge in [-0.25, -0.2) is 4.85 Å². The molecule has 3 aromatic rings. The van der Waals surface area contributed by atoms with Crippen molar-refractivity contribution in [1.82, 2.24) is 0 Å². The summed E-state index contributed by atoms with van der Waals surface area (Å²) in [6, 6.07) is 9.01. The van der Waals surface area contributed by atoms with E-state index in [9.17, 15) is 13.2 Å². The molecule has 0 aliphatic rings. The number of hydrogen-bond donors (Lipinski definition) is 0. The van der Waals surface area contributed by atoms with Gasteiger partial charge in [0.25, 0.3) is 0 Å². The largest absolute Gasteiger partial charge is 0.464 e. The summed E-state index contributed by atoms with van der Waals surface area (Å²) in [5.74, 6) is 0. The van der Waals surface area contributed by atoms with Crippen molar-refractivity contribution in [3.8, 4) is 11.1 Å². The van der Waals surface area contributed by atoms with Crippen molar-refractivity contribution in [1.29, 1.82) is 0 Å². The third-order valence-electron chi connectivity index (χ3n) is 3.52. The fourth-order valence-corrected chi connectivity index (χ4v) is 2.44. The standard InChI is InChI=1S/C17H10F3NO/c1-10-3-4-11(8-15(10)17(18,19)20)14-9-13(21-2)7-12-5-6-22-16(12)14/h3-9H,1H3. The molecule has 22 heavy (non-hydrogen) atoms. The molecule has 0 bridgehead atoms. The minimum atomic E-state index is -4.42. The van der Waals surface area contributed by atoms with Gasteiger partial charge >= 0.3 is 6.18 Å². The third kappa shape index (κ3) is 2.33. The Labute approximate surface area is 124 Å². The number of benzene rings is 2. The molecule has 0 saturated carbocycles. The predicted octanol–water partition coefficient (Wildman–Crippen LogP) is 5.98. The minimum Gasteiger partial charge on any atom is -0.464 e. The summed E-state index contributed by atoms with van der Waals surface area (Å²) in [5, 5.41) is 0.692. The number of halogens is 3. The molecule has 0 amide bonds. The van der Waals surface area contributed by atoms with Crippen LogP contribution in [0.15, 0.2) is 47.1 Å². The zero-order chi connectivity index (χ0) is 15.9. The highest BCUT2D eigenvalue weighted by Crippen LogP contribution is 2.38. The average molecular weight is 301 g/mol. The van der Waals surface area contributed by atoms with E-state index in [0.29, 0.717) is 27.8 Å². The first-order valence-corrected chi connectivity index (χ1v) is 6.47. The quantitative estimate of drug-likeness (QED) is 0.506. The molecule has 3 rings (SSSR count). The molecule has 0 spiro atoms. The molecule has 2 aromatic carbocycles. The normalized spacial score (nSPS) is 11.6. The summed E-state index contributed by atoms with van der Waals surface area (Å²) in [6.45, 7) is 8.54. The van der Waals surface area contributed by atoms with Gasteiger partial charge in [-0.05, 0) is 42.3 Å². The van der Waals surface area contributed by atoms with Gasteiger partial charge in [0.15, 0.2) is 5.69 Å². The van der Waals surface area contributed by atoms with E-state index in [1.807, 2.05) is 0 Å². The summed E-state index contributed by atoms with van der Waals surface area (Å²) in [7, 11) is 0. The second kappa shape index (κ2) is 4.92. The van der Waals surface area contributed by atoms with Gasteiger partial charge in [-0.2, -0.15) is 13.2 Å². The van der Waals surface area contributed by atoms with Crippen molar-refractivity contribution in [2.75, 3.05) is 0 Å². The van der Waals surface area contributed by atoms with Crippen molar-refractivity contribution >= 4 is 16.7 Å². The van der Waals surface area contributed by atoms with Gasteiger partial charge in [0.05, 0.1) is 18.4 Å². The van der Waals surface area contributed by atoms with Gasteiger partial charge in [-0.15, -0.1) is 0 Å². The van der Waals surface area contributed by atoms with Crippen LogP contribution in [0.25, 0.3) is 26.9 Å². The topological polar surface area (TPSA) is 17.5 Å². The van der Waals surface area contributed by atoms with Crippen molar-refractivity contribution < 1.29 is 17.6 Å². The van der Waals surface area contributed by atoms with Crippen LogP contribution < -0.4 is 0 Å². The van der Waals surface area contributed by atoms with Crippen LogP contribution in [0.1, 0.15) is 11.1 Å². The zero-order valence-corrected chi connectivity index (χ0v) is 11.5. The van der Waals surface area contributed by atoms with E-state index in [4.69, 9.17) is 11.0 Å². The fraction of sp³-hybridized carbons (Fsp3) is 0.118. The lowest BCUT2D eigenvalue weighted by molar-refractivity contribution is -0.138. The molecule has 0 aliphatic heterocycles. The highest BCUT2D eigenvalue weighted by molar-refractivity contribution is 5.95. The Hall–Kier alpha value is -2.74. The SMILES string of the molecule is [C-]#[N+]c1cc(-c2ccc(C)c(C(F)(F)F)c2)c2occc2c1. The van der Waals surface area contributed by atoms with Gasteiger partial charge in [-0.1, -0.05) is 12.1 Å². The van der Waals surface area contributed by atoms with Gasteiger partial charge in [0, 0.05) is 10.9 Å². The van der Waals surface area contributed by atoms with Crippen LogP contribution in [0.5, 0.6) is 0 Å². The lowest BCUT2D eigenvalue weighted by atomic mass is 9.98. The number of nitrogens with zero attached hydrogens (tertiary/aromatic N) is 1. The highest BCUT2D eigenvalue weighted by Gasteiger charge is 2.32. The number of fused-ring (bicyclic) bond motifs is 1. The molecule has 2 nitrogen and oxygen atoms in total. The first-order chi connectivity index (χ1) is 10.4. The summed E-state index contributed by atoms with van der Waals surface area (Å²) < 4.78 is 44.6. The second-order valence-corrected chi connectivity index (χ2v) is 4.97. The molecule has 1 heterocycles. The monoisotopic (exact) mass is 301 g/mol. The maximum absolute atomic E-state index is 13.1. The number of furan rings is 1. The van der Waals surface area contributed by atoms with Crippen molar-refractivity contribution in [3.05, 3.63) is 65.2 Å². The maximum atomic E-state index is 13.1. The first kappa shape index (κ1) is 14.2. The van der Waals surface area contributed by atoms with Crippen LogP contribution in [0.3, 0.4) is 0 Å².